The highest BCUT2D eigenvalue weighted by Gasteiger charge is 2.46. The summed E-state index contributed by atoms with van der Waals surface area (Å²) in [7, 11) is 0. The van der Waals surface area contributed by atoms with Crippen LogP contribution in [-0.4, -0.2) is 48.6 Å². The lowest BCUT2D eigenvalue weighted by atomic mass is 10.00. The molecule has 2 amide bonds. The second kappa shape index (κ2) is 8.67. The number of para-hydroxylation sites is 2. The number of carbonyl (C=O) groups is 2. The minimum Gasteiger partial charge on any atom is -0.361 e. The average molecular weight is 445 g/mol. The van der Waals surface area contributed by atoms with Crippen molar-refractivity contribution in [1.29, 1.82) is 0 Å². The fourth-order valence-electron chi connectivity index (χ4n) is 4.46. The maximum atomic E-state index is 13.4. The van der Waals surface area contributed by atoms with Crippen molar-refractivity contribution in [3.05, 3.63) is 90.2 Å². The molecule has 3 aromatic carbocycles. The summed E-state index contributed by atoms with van der Waals surface area (Å²) in [5.41, 5.74) is 2.22. The van der Waals surface area contributed by atoms with Crippen LogP contribution in [0.5, 0.6) is 0 Å². The van der Waals surface area contributed by atoms with Crippen LogP contribution in [0, 0.1) is 5.82 Å². The molecule has 3 aromatic rings. The topological polar surface area (TPSA) is 61.9 Å². The van der Waals surface area contributed by atoms with Gasteiger partial charge in [0.2, 0.25) is 0 Å². The van der Waals surface area contributed by atoms with Gasteiger partial charge in [-0.05, 0) is 55.0 Å². The zero-order valence-corrected chi connectivity index (χ0v) is 18.0. The predicted molar refractivity (Wildman–Crippen MR) is 124 cm³/mol. The van der Waals surface area contributed by atoms with E-state index in [1.807, 2.05) is 54.6 Å². The zero-order valence-electron chi connectivity index (χ0n) is 18.0. The van der Waals surface area contributed by atoms with Crippen LogP contribution in [0.25, 0.3) is 0 Å². The normalized spacial score (nSPS) is 20.3. The lowest BCUT2D eigenvalue weighted by molar-refractivity contribution is -0.137. The standard InChI is InChI=1S/C26H24FN3O3/c27-19-10-12-21(13-11-19)30-18-26(33-16-24(30)31)14-15-29(17-26)25(32)22-8-4-5-9-23(22)28-20-6-2-1-3-7-20/h1-13,28H,14-18H2. The number of benzene rings is 3. The molecule has 1 spiro atoms. The Labute approximate surface area is 191 Å². The summed E-state index contributed by atoms with van der Waals surface area (Å²) in [6, 6.07) is 23.0. The first-order chi connectivity index (χ1) is 16.0. The molecule has 0 bridgehead atoms. The number of hydrogen-bond acceptors (Lipinski definition) is 4. The molecule has 5 rings (SSSR count). The molecule has 168 valence electrons. The van der Waals surface area contributed by atoms with Crippen LogP contribution in [0.15, 0.2) is 78.9 Å². The van der Waals surface area contributed by atoms with Gasteiger partial charge < -0.3 is 19.9 Å². The van der Waals surface area contributed by atoms with Crippen molar-refractivity contribution >= 4 is 28.9 Å². The third-order valence-electron chi connectivity index (χ3n) is 6.20. The van der Waals surface area contributed by atoms with Crippen molar-refractivity contribution in [2.75, 3.05) is 36.5 Å². The zero-order chi connectivity index (χ0) is 22.8. The van der Waals surface area contributed by atoms with Crippen molar-refractivity contribution in [3.63, 3.8) is 0 Å². The van der Waals surface area contributed by atoms with Gasteiger partial charge in [0, 0.05) is 17.9 Å². The highest BCUT2D eigenvalue weighted by atomic mass is 19.1. The number of morpholine rings is 1. The first kappa shape index (κ1) is 21.2. The largest absolute Gasteiger partial charge is 0.361 e. The van der Waals surface area contributed by atoms with Gasteiger partial charge in [0.1, 0.15) is 18.0 Å². The third kappa shape index (κ3) is 4.32. The number of anilines is 3. The van der Waals surface area contributed by atoms with E-state index in [4.69, 9.17) is 4.74 Å². The quantitative estimate of drug-likeness (QED) is 0.653. The van der Waals surface area contributed by atoms with Crippen molar-refractivity contribution in [3.8, 4) is 0 Å². The summed E-state index contributed by atoms with van der Waals surface area (Å²) >= 11 is 0. The molecule has 0 aliphatic carbocycles. The molecule has 2 saturated heterocycles. The van der Waals surface area contributed by atoms with Crippen LogP contribution in [0.3, 0.4) is 0 Å². The smallest absolute Gasteiger partial charge is 0.256 e. The van der Waals surface area contributed by atoms with Crippen molar-refractivity contribution in [2.24, 2.45) is 0 Å². The molecule has 0 radical (unpaired) electrons. The summed E-state index contributed by atoms with van der Waals surface area (Å²) in [5, 5.41) is 3.32. The molecular formula is C26H24FN3O3. The van der Waals surface area contributed by atoms with Gasteiger partial charge >= 0.3 is 0 Å². The highest BCUT2D eigenvalue weighted by Crippen LogP contribution is 2.33. The van der Waals surface area contributed by atoms with Gasteiger partial charge in [-0.1, -0.05) is 30.3 Å². The molecule has 2 aliphatic rings. The van der Waals surface area contributed by atoms with Crippen LogP contribution >= 0.6 is 0 Å². The third-order valence-corrected chi connectivity index (χ3v) is 6.20. The molecule has 2 fully saturated rings. The van der Waals surface area contributed by atoms with Gasteiger partial charge in [-0.3, -0.25) is 9.59 Å². The van der Waals surface area contributed by atoms with E-state index >= 15 is 0 Å². The van der Waals surface area contributed by atoms with E-state index in [1.54, 1.807) is 21.9 Å². The van der Waals surface area contributed by atoms with Crippen molar-refractivity contribution in [1.82, 2.24) is 4.90 Å². The van der Waals surface area contributed by atoms with Gasteiger partial charge in [-0.2, -0.15) is 0 Å². The summed E-state index contributed by atoms with van der Waals surface area (Å²) in [6.07, 6.45) is 0.623. The molecule has 0 saturated carbocycles. The molecule has 1 N–H and O–H groups in total. The minimum absolute atomic E-state index is 0.0639. The van der Waals surface area contributed by atoms with E-state index in [2.05, 4.69) is 5.32 Å². The van der Waals surface area contributed by atoms with Crippen LogP contribution in [0.1, 0.15) is 16.8 Å². The van der Waals surface area contributed by atoms with Crippen LogP contribution in [-0.2, 0) is 9.53 Å². The van der Waals surface area contributed by atoms with Gasteiger partial charge in [-0.15, -0.1) is 0 Å². The Bertz CT molecular complexity index is 1170. The SMILES string of the molecule is O=C(c1ccccc1Nc1ccccc1)N1CCC2(C1)CN(c1ccc(F)cc1)C(=O)CO2. The molecule has 7 heteroatoms. The number of likely N-dealkylation sites (tertiary alicyclic amines) is 1. The van der Waals surface area contributed by atoms with Gasteiger partial charge in [-0.25, -0.2) is 4.39 Å². The Morgan fingerprint density at radius 1 is 0.939 bits per heavy atom. The minimum atomic E-state index is -0.639. The number of hydrogen-bond donors (Lipinski definition) is 1. The number of amides is 2. The van der Waals surface area contributed by atoms with E-state index in [9.17, 15) is 14.0 Å². The van der Waals surface area contributed by atoms with Gasteiger partial charge in [0.05, 0.1) is 24.3 Å². The molecule has 33 heavy (non-hydrogen) atoms. The lowest BCUT2D eigenvalue weighted by Crippen LogP contribution is -2.56. The first-order valence-corrected chi connectivity index (χ1v) is 10.9. The number of ether oxygens (including phenoxy) is 1. The number of carbonyl (C=O) groups excluding carboxylic acids is 2. The summed E-state index contributed by atoms with van der Waals surface area (Å²) in [6.45, 7) is 1.18. The predicted octanol–water partition coefficient (Wildman–Crippen LogP) is 4.22. The molecule has 0 aromatic heterocycles. The second-order valence-corrected chi connectivity index (χ2v) is 8.44. The molecule has 2 heterocycles. The summed E-state index contributed by atoms with van der Waals surface area (Å²) in [4.78, 5) is 29.3. The number of nitrogens with zero attached hydrogens (tertiary/aromatic N) is 2. The van der Waals surface area contributed by atoms with Gasteiger partial charge in [0.15, 0.2) is 0 Å². The van der Waals surface area contributed by atoms with E-state index in [-0.39, 0.29) is 24.2 Å². The Balaban J connectivity index is 1.33. The summed E-state index contributed by atoms with van der Waals surface area (Å²) in [5.74, 6) is -0.608. The molecular weight excluding hydrogens is 421 g/mol. The monoisotopic (exact) mass is 445 g/mol. The second-order valence-electron chi connectivity index (χ2n) is 8.44. The lowest BCUT2D eigenvalue weighted by Gasteiger charge is -2.40. The maximum absolute atomic E-state index is 13.4. The van der Waals surface area contributed by atoms with E-state index in [1.165, 1.54) is 12.1 Å². The Kier molecular flexibility index (Phi) is 5.56. The van der Waals surface area contributed by atoms with E-state index < -0.39 is 5.60 Å². The molecule has 2 aliphatic heterocycles. The highest BCUT2D eigenvalue weighted by molar-refractivity contribution is 6.00. The fourth-order valence-corrected chi connectivity index (χ4v) is 4.46. The molecule has 6 nitrogen and oxygen atoms in total. The first-order valence-electron chi connectivity index (χ1n) is 10.9. The van der Waals surface area contributed by atoms with Crippen molar-refractivity contribution in [2.45, 2.75) is 12.0 Å². The summed E-state index contributed by atoms with van der Waals surface area (Å²) < 4.78 is 19.3. The van der Waals surface area contributed by atoms with Crippen LogP contribution < -0.4 is 10.2 Å². The Morgan fingerprint density at radius 3 is 2.45 bits per heavy atom. The number of rotatable bonds is 4. The van der Waals surface area contributed by atoms with Crippen molar-refractivity contribution < 1.29 is 18.7 Å². The van der Waals surface area contributed by atoms with Crippen LogP contribution in [0.2, 0.25) is 0 Å². The molecule has 1 unspecified atom stereocenters. The van der Waals surface area contributed by atoms with Crippen LogP contribution in [0.4, 0.5) is 21.5 Å². The molecule has 1 atom stereocenters. The fraction of sp³-hybridized carbons (Fsp3) is 0.231. The Hall–Kier alpha value is -3.71. The van der Waals surface area contributed by atoms with Gasteiger partial charge in [0.25, 0.3) is 11.8 Å². The number of halogens is 1. The Morgan fingerprint density at radius 2 is 1.67 bits per heavy atom. The number of nitrogens with one attached hydrogen (secondary N) is 1. The maximum Gasteiger partial charge on any atom is 0.256 e. The van der Waals surface area contributed by atoms with E-state index in [0.717, 1.165) is 11.4 Å². The van der Waals surface area contributed by atoms with E-state index in [0.29, 0.717) is 37.3 Å². The average Bonchev–Trinajstić information content (AvgIpc) is 3.26.